The third kappa shape index (κ3) is 3.82. The van der Waals surface area contributed by atoms with E-state index in [-0.39, 0.29) is 6.54 Å². The van der Waals surface area contributed by atoms with E-state index in [2.05, 4.69) is 5.32 Å². The van der Waals surface area contributed by atoms with E-state index < -0.39 is 6.10 Å². The molecule has 2 N–H and O–H groups in total. The zero-order chi connectivity index (χ0) is 15.4. The Balaban J connectivity index is 2.15. The van der Waals surface area contributed by atoms with Crippen LogP contribution in [0, 0.1) is 6.92 Å². The number of benzene rings is 2. The molecule has 0 saturated carbocycles. The Hall–Kier alpha value is -1.42. The lowest BCUT2D eigenvalue weighted by atomic mass is 10.1. The molecule has 0 spiro atoms. The number of ether oxygens (including phenoxy) is 1. The van der Waals surface area contributed by atoms with Crippen LogP contribution in [-0.2, 0) is 0 Å². The molecule has 112 valence electrons. The van der Waals surface area contributed by atoms with Crippen LogP contribution >= 0.6 is 23.2 Å². The van der Waals surface area contributed by atoms with Gasteiger partial charge in [0.25, 0.3) is 0 Å². The van der Waals surface area contributed by atoms with E-state index in [1.54, 1.807) is 25.3 Å². The van der Waals surface area contributed by atoms with Gasteiger partial charge in [0.2, 0.25) is 0 Å². The number of anilines is 1. The standard InChI is InChI=1S/C16H17Cl2NO2/c1-10-6-7-15(21-2)11(8-10)14(20)9-19-16-12(17)4-3-5-13(16)18/h3-8,14,19-20H,9H2,1-2H3. The van der Waals surface area contributed by atoms with Gasteiger partial charge < -0.3 is 15.2 Å². The first-order chi connectivity index (χ1) is 10.0. The van der Waals surface area contributed by atoms with Crippen LogP contribution in [0.4, 0.5) is 5.69 Å². The smallest absolute Gasteiger partial charge is 0.124 e. The molecule has 2 aromatic carbocycles. The normalized spacial score (nSPS) is 12.0. The van der Waals surface area contributed by atoms with Crippen LogP contribution < -0.4 is 10.1 Å². The molecule has 2 aromatic rings. The Morgan fingerprint density at radius 1 is 1.19 bits per heavy atom. The molecule has 5 heteroatoms. The van der Waals surface area contributed by atoms with Crippen molar-refractivity contribution in [1.82, 2.24) is 0 Å². The van der Waals surface area contributed by atoms with Crippen LogP contribution in [0.1, 0.15) is 17.2 Å². The molecular formula is C16H17Cl2NO2. The SMILES string of the molecule is COc1ccc(C)cc1C(O)CNc1c(Cl)cccc1Cl. The molecule has 3 nitrogen and oxygen atoms in total. The highest BCUT2D eigenvalue weighted by molar-refractivity contribution is 6.39. The van der Waals surface area contributed by atoms with Crippen molar-refractivity contribution < 1.29 is 9.84 Å². The largest absolute Gasteiger partial charge is 0.496 e. The maximum atomic E-state index is 10.4. The molecule has 1 atom stereocenters. The predicted octanol–water partition coefficient (Wildman–Crippen LogP) is 4.46. The fourth-order valence-corrected chi connectivity index (χ4v) is 2.62. The average molecular weight is 326 g/mol. The van der Waals surface area contributed by atoms with E-state index in [9.17, 15) is 5.11 Å². The van der Waals surface area contributed by atoms with E-state index in [0.717, 1.165) is 11.1 Å². The Kier molecular flexibility index (Phi) is 5.34. The summed E-state index contributed by atoms with van der Waals surface area (Å²) in [7, 11) is 1.58. The first-order valence-electron chi connectivity index (χ1n) is 6.53. The van der Waals surface area contributed by atoms with Gasteiger partial charge in [0.1, 0.15) is 5.75 Å². The third-order valence-electron chi connectivity index (χ3n) is 3.18. The first-order valence-corrected chi connectivity index (χ1v) is 7.29. The molecule has 0 fully saturated rings. The van der Waals surface area contributed by atoms with Gasteiger partial charge >= 0.3 is 0 Å². The average Bonchev–Trinajstić information content (AvgIpc) is 2.46. The molecule has 0 heterocycles. The maximum Gasteiger partial charge on any atom is 0.124 e. The molecule has 0 amide bonds. The first kappa shape index (κ1) is 16.0. The topological polar surface area (TPSA) is 41.5 Å². The van der Waals surface area contributed by atoms with Crippen LogP contribution in [0.3, 0.4) is 0 Å². The number of hydrogen-bond donors (Lipinski definition) is 2. The number of halogens is 2. The Morgan fingerprint density at radius 3 is 2.48 bits per heavy atom. The molecule has 0 aliphatic heterocycles. The number of aliphatic hydroxyl groups is 1. The summed E-state index contributed by atoms with van der Waals surface area (Å²) in [4.78, 5) is 0. The monoisotopic (exact) mass is 325 g/mol. The van der Waals surface area contributed by atoms with E-state index in [4.69, 9.17) is 27.9 Å². The predicted molar refractivity (Wildman–Crippen MR) is 87.6 cm³/mol. The van der Waals surface area contributed by atoms with Crippen molar-refractivity contribution in [3.63, 3.8) is 0 Å². The quantitative estimate of drug-likeness (QED) is 0.852. The number of nitrogens with one attached hydrogen (secondary N) is 1. The maximum absolute atomic E-state index is 10.4. The van der Waals surface area contributed by atoms with Gasteiger partial charge in [-0.15, -0.1) is 0 Å². The molecule has 0 aromatic heterocycles. The molecule has 0 aliphatic rings. The minimum absolute atomic E-state index is 0.281. The Morgan fingerprint density at radius 2 is 1.86 bits per heavy atom. The van der Waals surface area contributed by atoms with Gasteiger partial charge in [0.15, 0.2) is 0 Å². The second-order valence-electron chi connectivity index (χ2n) is 4.74. The number of para-hydroxylation sites is 1. The van der Waals surface area contributed by atoms with Crippen molar-refractivity contribution >= 4 is 28.9 Å². The molecule has 2 rings (SSSR count). The van der Waals surface area contributed by atoms with Gasteiger partial charge in [-0.25, -0.2) is 0 Å². The van der Waals surface area contributed by atoms with Crippen LogP contribution in [0.2, 0.25) is 10.0 Å². The summed E-state index contributed by atoms with van der Waals surface area (Å²) >= 11 is 12.2. The van der Waals surface area contributed by atoms with E-state index in [1.807, 2.05) is 25.1 Å². The summed E-state index contributed by atoms with van der Waals surface area (Å²) in [6.07, 6.45) is -0.729. The molecule has 1 unspecified atom stereocenters. The van der Waals surface area contributed by atoms with Gasteiger partial charge in [0, 0.05) is 12.1 Å². The highest BCUT2D eigenvalue weighted by Gasteiger charge is 2.14. The summed E-state index contributed by atoms with van der Waals surface area (Å²) in [6.45, 7) is 2.25. The van der Waals surface area contributed by atoms with Gasteiger partial charge in [-0.3, -0.25) is 0 Å². The summed E-state index contributed by atoms with van der Waals surface area (Å²) in [6, 6.07) is 10.9. The van der Waals surface area contributed by atoms with Crippen molar-refractivity contribution in [2.24, 2.45) is 0 Å². The van der Waals surface area contributed by atoms with Gasteiger partial charge in [-0.1, -0.05) is 40.9 Å². The zero-order valence-electron chi connectivity index (χ0n) is 11.9. The lowest BCUT2D eigenvalue weighted by molar-refractivity contribution is 0.187. The summed E-state index contributed by atoms with van der Waals surface area (Å²) in [5.41, 5.74) is 2.40. The summed E-state index contributed by atoms with van der Waals surface area (Å²) < 4.78 is 5.28. The molecule has 0 bridgehead atoms. The molecule has 21 heavy (non-hydrogen) atoms. The summed E-state index contributed by atoms with van der Waals surface area (Å²) in [5, 5.41) is 14.5. The number of rotatable bonds is 5. The number of hydrogen-bond acceptors (Lipinski definition) is 3. The molecule has 0 saturated heterocycles. The highest BCUT2D eigenvalue weighted by Crippen LogP contribution is 2.31. The van der Waals surface area contributed by atoms with Crippen molar-refractivity contribution in [3.05, 3.63) is 57.6 Å². The zero-order valence-corrected chi connectivity index (χ0v) is 13.4. The van der Waals surface area contributed by atoms with Gasteiger partial charge in [-0.2, -0.15) is 0 Å². The molecule has 0 aliphatic carbocycles. The second kappa shape index (κ2) is 7.03. The highest BCUT2D eigenvalue weighted by atomic mass is 35.5. The van der Waals surface area contributed by atoms with E-state index in [0.29, 0.717) is 21.5 Å². The number of methoxy groups -OCH3 is 1. The van der Waals surface area contributed by atoms with Crippen LogP contribution in [-0.4, -0.2) is 18.8 Å². The van der Waals surface area contributed by atoms with Crippen LogP contribution in [0.5, 0.6) is 5.75 Å². The lowest BCUT2D eigenvalue weighted by Crippen LogP contribution is -2.13. The fraction of sp³-hybridized carbons (Fsp3) is 0.250. The number of aryl methyl sites for hydroxylation is 1. The minimum Gasteiger partial charge on any atom is -0.496 e. The second-order valence-corrected chi connectivity index (χ2v) is 5.55. The van der Waals surface area contributed by atoms with Gasteiger partial charge in [-0.05, 0) is 31.2 Å². The number of aliphatic hydroxyl groups excluding tert-OH is 1. The van der Waals surface area contributed by atoms with Crippen molar-refractivity contribution in [2.75, 3.05) is 19.0 Å². The Bertz CT molecular complexity index is 611. The summed E-state index contributed by atoms with van der Waals surface area (Å²) in [5.74, 6) is 0.653. The fourth-order valence-electron chi connectivity index (χ4n) is 2.09. The van der Waals surface area contributed by atoms with E-state index in [1.165, 1.54) is 0 Å². The van der Waals surface area contributed by atoms with Crippen molar-refractivity contribution in [2.45, 2.75) is 13.0 Å². The lowest BCUT2D eigenvalue weighted by Gasteiger charge is -2.18. The molecular weight excluding hydrogens is 309 g/mol. The van der Waals surface area contributed by atoms with Crippen molar-refractivity contribution in [1.29, 1.82) is 0 Å². The van der Waals surface area contributed by atoms with Crippen LogP contribution in [0.15, 0.2) is 36.4 Å². The Labute approximate surface area is 134 Å². The van der Waals surface area contributed by atoms with Crippen molar-refractivity contribution in [3.8, 4) is 5.75 Å². The van der Waals surface area contributed by atoms with E-state index >= 15 is 0 Å². The molecule has 0 radical (unpaired) electrons. The van der Waals surface area contributed by atoms with Crippen LogP contribution in [0.25, 0.3) is 0 Å². The third-order valence-corrected chi connectivity index (χ3v) is 3.81. The van der Waals surface area contributed by atoms with Gasteiger partial charge in [0.05, 0.1) is 28.9 Å². The minimum atomic E-state index is -0.729.